The zero-order valence-electron chi connectivity index (χ0n) is 16.2. The largest absolute Gasteiger partial charge is 0.335 e. The maximum Gasteiger partial charge on any atom is 0.269 e. The predicted octanol–water partition coefficient (Wildman–Crippen LogP) is 5.59. The summed E-state index contributed by atoms with van der Waals surface area (Å²) in [5.41, 5.74) is 1.27. The van der Waals surface area contributed by atoms with E-state index in [4.69, 9.17) is 0 Å². The Hall–Kier alpha value is -2.86. The monoisotopic (exact) mass is 406 g/mol. The van der Waals surface area contributed by atoms with Gasteiger partial charge < -0.3 is 4.90 Å². The SMILES string of the molecule is CC(Sc1ccc([N+](=O)[O-])cc1)C(=O)N1CCCC1c1cccc2ccccc12. The molecular formula is C23H22N2O3S. The third kappa shape index (κ3) is 3.98. The van der Waals surface area contributed by atoms with Crippen molar-refractivity contribution in [1.29, 1.82) is 0 Å². The van der Waals surface area contributed by atoms with Crippen LogP contribution in [0.5, 0.6) is 0 Å². The molecule has 0 N–H and O–H groups in total. The molecule has 3 aromatic rings. The predicted molar refractivity (Wildman–Crippen MR) is 116 cm³/mol. The van der Waals surface area contributed by atoms with Crippen LogP contribution in [-0.4, -0.2) is 27.5 Å². The van der Waals surface area contributed by atoms with Crippen LogP contribution in [0.15, 0.2) is 71.6 Å². The molecule has 1 saturated heterocycles. The van der Waals surface area contributed by atoms with Crippen LogP contribution in [0.4, 0.5) is 5.69 Å². The van der Waals surface area contributed by atoms with Crippen molar-refractivity contribution in [1.82, 2.24) is 4.90 Å². The van der Waals surface area contributed by atoms with Gasteiger partial charge in [0, 0.05) is 23.6 Å². The summed E-state index contributed by atoms with van der Waals surface area (Å²) in [5, 5.41) is 13.0. The number of hydrogen-bond donors (Lipinski definition) is 0. The normalized spacial score (nSPS) is 17.4. The van der Waals surface area contributed by atoms with Crippen LogP contribution in [0.25, 0.3) is 10.8 Å². The minimum atomic E-state index is -0.415. The van der Waals surface area contributed by atoms with E-state index in [-0.39, 0.29) is 22.9 Å². The van der Waals surface area contributed by atoms with Crippen LogP contribution < -0.4 is 0 Å². The van der Waals surface area contributed by atoms with E-state index in [2.05, 4.69) is 30.3 Å². The number of carbonyl (C=O) groups excluding carboxylic acids is 1. The molecular weight excluding hydrogens is 384 g/mol. The van der Waals surface area contributed by atoms with Crippen LogP contribution in [0.2, 0.25) is 0 Å². The van der Waals surface area contributed by atoms with Gasteiger partial charge in [0.05, 0.1) is 16.2 Å². The summed E-state index contributed by atoms with van der Waals surface area (Å²) in [7, 11) is 0. The molecule has 0 radical (unpaired) electrons. The first-order valence-corrected chi connectivity index (χ1v) is 10.6. The summed E-state index contributed by atoms with van der Waals surface area (Å²) in [6.45, 7) is 2.67. The summed E-state index contributed by atoms with van der Waals surface area (Å²) in [6, 6.07) is 21.1. The Morgan fingerprint density at radius 1 is 1.10 bits per heavy atom. The molecule has 0 spiro atoms. The van der Waals surface area contributed by atoms with E-state index in [1.807, 2.05) is 24.0 Å². The minimum absolute atomic E-state index is 0.0592. The lowest BCUT2D eigenvalue weighted by atomic mass is 9.97. The number of nitro benzene ring substituents is 1. The molecule has 6 heteroatoms. The number of non-ortho nitro benzene ring substituents is 1. The van der Waals surface area contributed by atoms with Crippen molar-refractivity contribution in [3.05, 3.63) is 82.4 Å². The van der Waals surface area contributed by atoms with E-state index < -0.39 is 4.92 Å². The summed E-state index contributed by atoms with van der Waals surface area (Å²) >= 11 is 1.45. The zero-order valence-corrected chi connectivity index (χ0v) is 17.0. The first-order chi connectivity index (χ1) is 14.0. The Kier molecular flexibility index (Phi) is 5.53. The zero-order chi connectivity index (χ0) is 20.4. The van der Waals surface area contributed by atoms with Gasteiger partial charge in [-0.25, -0.2) is 0 Å². The Labute approximate surface area is 173 Å². The van der Waals surface area contributed by atoms with Crippen molar-refractivity contribution in [2.45, 2.75) is 36.0 Å². The van der Waals surface area contributed by atoms with Crippen LogP contribution in [-0.2, 0) is 4.79 Å². The molecule has 1 heterocycles. The molecule has 1 aliphatic heterocycles. The summed E-state index contributed by atoms with van der Waals surface area (Å²) in [5.74, 6) is 0.115. The van der Waals surface area contributed by atoms with Crippen molar-refractivity contribution in [3.63, 3.8) is 0 Å². The molecule has 2 atom stereocenters. The van der Waals surface area contributed by atoms with E-state index in [9.17, 15) is 14.9 Å². The van der Waals surface area contributed by atoms with Gasteiger partial charge in [-0.05, 0) is 48.2 Å². The van der Waals surface area contributed by atoms with E-state index >= 15 is 0 Å². The van der Waals surface area contributed by atoms with E-state index in [0.717, 1.165) is 24.3 Å². The average molecular weight is 407 g/mol. The van der Waals surface area contributed by atoms with E-state index in [0.29, 0.717) is 0 Å². The smallest absolute Gasteiger partial charge is 0.269 e. The lowest BCUT2D eigenvalue weighted by Gasteiger charge is -2.28. The van der Waals surface area contributed by atoms with Gasteiger partial charge in [0.15, 0.2) is 0 Å². The van der Waals surface area contributed by atoms with Gasteiger partial charge in [0.1, 0.15) is 0 Å². The number of rotatable bonds is 5. The van der Waals surface area contributed by atoms with Crippen molar-refractivity contribution in [2.24, 2.45) is 0 Å². The van der Waals surface area contributed by atoms with E-state index in [1.165, 1.54) is 40.2 Å². The number of amides is 1. The molecule has 4 rings (SSSR count). The standard InChI is InChI=1S/C23H22N2O3S/c1-16(29-19-13-11-18(12-14-19)25(27)28)23(26)24-15-5-10-22(24)21-9-4-7-17-6-2-3-8-20(17)21/h2-4,6-9,11-14,16,22H,5,10,15H2,1H3. The minimum Gasteiger partial charge on any atom is -0.335 e. The lowest BCUT2D eigenvalue weighted by molar-refractivity contribution is -0.384. The molecule has 5 nitrogen and oxygen atoms in total. The van der Waals surface area contributed by atoms with Crippen LogP contribution in [0.1, 0.15) is 31.4 Å². The molecule has 1 aliphatic rings. The van der Waals surface area contributed by atoms with Gasteiger partial charge in [-0.1, -0.05) is 42.5 Å². The number of nitro groups is 1. The number of benzene rings is 3. The third-order valence-electron chi connectivity index (χ3n) is 5.43. The number of likely N-dealkylation sites (tertiary alicyclic amines) is 1. The summed E-state index contributed by atoms with van der Waals surface area (Å²) < 4.78 is 0. The van der Waals surface area contributed by atoms with Gasteiger partial charge >= 0.3 is 0 Å². The molecule has 0 aliphatic carbocycles. The maximum absolute atomic E-state index is 13.2. The Morgan fingerprint density at radius 3 is 2.59 bits per heavy atom. The third-order valence-corrected chi connectivity index (χ3v) is 6.53. The van der Waals surface area contributed by atoms with Gasteiger partial charge in [-0.3, -0.25) is 14.9 Å². The first-order valence-electron chi connectivity index (χ1n) is 9.74. The van der Waals surface area contributed by atoms with Crippen molar-refractivity contribution in [3.8, 4) is 0 Å². The highest BCUT2D eigenvalue weighted by Gasteiger charge is 2.33. The maximum atomic E-state index is 13.2. The Morgan fingerprint density at radius 2 is 1.83 bits per heavy atom. The molecule has 2 unspecified atom stereocenters. The average Bonchev–Trinajstić information content (AvgIpc) is 3.22. The second-order valence-electron chi connectivity index (χ2n) is 7.27. The molecule has 0 aromatic heterocycles. The lowest BCUT2D eigenvalue weighted by Crippen LogP contribution is -2.36. The van der Waals surface area contributed by atoms with Gasteiger partial charge in [-0.15, -0.1) is 11.8 Å². The number of hydrogen-bond acceptors (Lipinski definition) is 4. The molecule has 1 fully saturated rings. The highest BCUT2D eigenvalue weighted by molar-refractivity contribution is 8.00. The van der Waals surface area contributed by atoms with Crippen LogP contribution >= 0.6 is 11.8 Å². The summed E-state index contributed by atoms with van der Waals surface area (Å²) in [4.78, 5) is 26.5. The fourth-order valence-electron chi connectivity index (χ4n) is 4.03. The van der Waals surface area contributed by atoms with Crippen LogP contribution in [0.3, 0.4) is 0 Å². The number of thioether (sulfide) groups is 1. The Balaban J connectivity index is 1.53. The van der Waals surface area contributed by atoms with Gasteiger partial charge in [0.2, 0.25) is 5.91 Å². The van der Waals surface area contributed by atoms with E-state index in [1.54, 1.807) is 12.1 Å². The molecule has 0 bridgehead atoms. The molecule has 29 heavy (non-hydrogen) atoms. The van der Waals surface area contributed by atoms with Gasteiger partial charge in [0.25, 0.3) is 5.69 Å². The number of carbonyl (C=O) groups is 1. The highest BCUT2D eigenvalue weighted by atomic mass is 32.2. The quantitative estimate of drug-likeness (QED) is 0.315. The van der Waals surface area contributed by atoms with Crippen LogP contribution in [0, 0.1) is 10.1 Å². The fraction of sp³-hybridized carbons (Fsp3) is 0.261. The van der Waals surface area contributed by atoms with Crippen molar-refractivity contribution >= 4 is 34.1 Å². The summed E-state index contributed by atoms with van der Waals surface area (Å²) in [6.07, 6.45) is 1.96. The molecule has 3 aromatic carbocycles. The highest BCUT2D eigenvalue weighted by Crippen LogP contribution is 2.38. The molecule has 148 valence electrons. The molecule has 0 saturated carbocycles. The van der Waals surface area contributed by atoms with Crippen molar-refractivity contribution in [2.75, 3.05) is 6.54 Å². The van der Waals surface area contributed by atoms with Crippen molar-refractivity contribution < 1.29 is 9.72 Å². The first kappa shape index (κ1) is 19.5. The Bertz CT molecular complexity index is 1050. The second-order valence-corrected chi connectivity index (χ2v) is 8.68. The number of nitrogens with zero attached hydrogens (tertiary/aromatic N) is 2. The fourth-order valence-corrected chi connectivity index (χ4v) is 4.97. The number of fused-ring (bicyclic) bond motifs is 1. The van der Waals surface area contributed by atoms with Gasteiger partial charge in [-0.2, -0.15) is 0 Å². The molecule has 1 amide bonds. The second kappa shape index (κ2) is 8.25. The topological polar surface area (TPSA) is 63.5 Å².